The molecule has 0 aliphatic rings. The van der Waals surface area contributed by atoms with Crippen LogP contribution in [0.5, 0.6) is 5.75 Å². The zero-order chi connectivity index (χ0) is 18.9. The van der Waals surface area contributed by atoms with Crippen molar-refractivity contribution in [2.24, 2.45) is 0 Å². The predicted octanol–water partition coefficient (Wildman–Crippen LogP) is 4.29. The number of esters is 1. The molecular formula is C20H18BrNO4. The number of ether oxygens (including phenoxy) is 2. The van der Waals surface area contributed by atoms with E-state index in [0.717, 1.165) is 4.47 Å². The molecule has 0 heterocycles. The summed E-state index contributed by atoms with van der Waals surface area (Å²) in [4.78, 5) is 24.0. The largest absolute Gasteiger partial charge is 0.479 e. The minimum Gasteiger partial charge on any atom is -0.479 e. The fourth-order valence-corrected chi connectivity index (χ4v) is 2.43. The van der Waals surface area contributed by atoms with E-state index in [9.17, 15) is 9.59 Å². The molecule has 26 heavy (non-hydrogen) atoms. The lowest BCUT2D eigenvalue weighted by Crippen LogP contribution is -2.26. The molecule has 0 bridgehead atoms. The van der Waals surface area contributed by atoms with Crippen molar-refractivity contribution in [3.8, 4) is 11.8 Å². The molecule has 0 unspecified atom stereocenters. The number of hydrogen-bond donors (Lipinski definition) is 0. The van der Waals surface area contributed by atoms with Gasteiger partial charge in [0.2, 0.25) is 0 Å². The number of nitriles is 1. The fraction of sp³-hybridized carbons (Fsp3) is 0.250. The summed E-state index contributed by atoms with van der Waals surface area (Å²) in [5, 5.41) is 8.75. The van der Waals surface area contributed by atoms with Crippen LogP contribution in [0.3, 0.4) is 0 Å². The van der Waals surface area contributed by atoms with Crippen molar-refractivity contribution in [1.82, 2.24) is 0 Å². The molecule has 0 aliphatic carbocycles. The fourth-order valence-electron chi connectivity index (χ4n) is 2.16. The first-order chi connectivity index (χ1) is 12.5. The van der Waals surface area contributed by atoms with Crippen molar-refractivity contribution in [1.29, 1.82) is 5.26 Å². The molecule has 5 nitrogen and oxygen atoms in total. The van der Waals surface area contributed by atoms with Gasteiger partial charge >= 0.3 is 5.97 Å². The first-order valence-electron chi connectivity index (χ1n) is 8.12. The van der Waals surface area contributed by atoms with Gasteiger partial charge in [0.15, 0.2) is 11.9 Å². The summed E-state index contributed by atoms with van der Waals surface area (Å²) in [5.41, 5.74) is 1.15. The van der Waals surface area contributed by atoms with Gasteiger partial charge in [-0.25, -0.2) is 4.79 Å². The van der Waals surface area contributed by atoms with Crippen LogP contribution in [0.15, 0.2) is 53.0 Å². The van der Waals surface area contributed by atoms with Crippen molar-refractivity contribution in [3.63, 3.8) is 0 Å². The Morgan fingerprint density at radius 3 is 2.38 bits per heavy atom. The van der Waals surface area contributed by atoms with E-state index in [4.69, 9.17) is 14.7 Å². The van der Waals surface area contributed by atoms with Crippen LogP contribution >= 0.6 is 15.9 Å². The van der Waals surface area contributed by atoms with Crippen LogP contribution in [0.1, 0.15) is 35.7 Å². The summed E-state index contributed by atoms with van der Waals surface area (Å²) in [6.07, 6.45) is -0.0191. The van der Waals surface area contributed by atoms with Crippen LogP contribution in [-0.2, 0) is 9.53 Å². The van der Waals surface area contributed by atoms with Gasteiger partial charge in [0, 0.05) is 16.5 Å². The Kier molecular flexibility index (Phi) is 7.37. The van der Waals surface area contributed by atoms with Crippen molar-refractivity contribution >= 4 is 27.7 Å². The van der Waals surface area contributed by atoms with Gasteiger partial charge < -0.3 is 9.47 Å². The second kappa shape index (κ2) is 9.73. The molecule has 2 rings (SSSR count). The number of Topliss-reactive ketones (excluding diaryl/α,β-unsaturated/α-hetero) is 1. The van der Waals surface area contributed by atoms with E-state index in [0.29, 0.717) is 29.7 Å². The normalized spacial score (nSPS) is 11.3. The molecular weight excluding hydrogens is 398 g/mol. The maximum Gasteiger partial charge on any atom is 0.347 e. The molecule has 2 aromatic carbocycles. The van der Waals surface area contributed by atoms with Crippen molar-refractivity contribution in [2.75, 3.05) is 6.61 Å². The van der Waals surface area contributed by atoms with E-state index < -0.39 is 12.1 Å². The average Bonchev–Trinajstić information content (AvgIpc) is 2.66. The highest BCUT2D eigenvalue weighted by atomic mass is 79.9. The molecule has 0 spiro atoms. The van der Waals surface area contributed by atoms with Gasteiger partial charge in [-0.05, 0) is 49.7 Å². The lowest BCUT2D eigenvalue weighted by atomic mass is 10.1. The van der Waals surface area contributed by atoms with E-state index in [1.54, 1.807) is 43.3 Å². The monoisotopic (exact) mass is 415 g/mol. The topological polar surface area (TPSA) is 76.4 Å². The van der Waals surface area contributed by atoms with Crippen LogP contribution in [0.4, 0.5) is 0 Å². The summed E-state index contributed by atoms with van der Waals surface area (Å²) >= 11 is 3.32. The third-order valence-electron chi connectivity index (χ3n) is 3.59. The molecule has 0 aliphatic heterocycles. The number of carbonyl (C=O) groups excluding carboxylic acids is 2. The average molecular weight is 416 g/mol. The second-order valence-corrected chi connectivity index (χ2v) is 6.51. The predicted molar refractivity (Wildman–Crippen MR) is 99.9 cm³/mol. The van der Waals surface area contributed by atoms with Crippen LogP contribution in [-0.4, -0.2) is 24.5 Å². The smallest absolute Gasteiger partial charge is 0.347 e. The number of halogens is 1. The Morgan fingerprint density at radius 2 is 1.77 bits per heavy atom. The Balaban J connectivity index is 1.71. The van der Waals surface area contributed by atoms with Gasteiger partial charge in [-0.15, -0.1) is 0 Å². The summed E-state index contributed by atoms with van der Waals surface area (Å²) in [5.74, 6) is -0.000235. The lowest BCUT2D eigenvalue weighted by Gasteiger charge is -2.14. The van der Waals surface area contributed by atoms with Gasteiger partial charge in [-0.1, -0.05) is 28.1 Å². The standard InChI is InChI=1S/C20H18BrNO4/c1-14(26-18-10-4-15(13-22)5-11-18)20(24)25-12-2-3-19(23)16-6-8-17(21)9-7-16/h4-11,14H,2-3,12H2,1H3/t14-/m1/s1. The Labute approximate surface area is 160 Å². The number of nitrogens with zero attached hydrogens (tertiary/aromatic N) is 1. The number of rotatable bonds is 8. The van der Waals surface area contributed by atoms with Gasteiger partial charge in [0.1, 0.15) is 5.75 Å². The maximum absolute atomic E-state index is 12.0. The summed E-state index contributed by atoms with van der Waals surface area (Å²) in [6, 6.07) is 15.6. The van der Waals surface area contributed by atoms with Gasteiger partial charge in [-0.2, -0.15) is 5.26 Å². The first-order valence-corrected chi connectivity index (χ1v) is 8.91. The summed E-state index contributed by atoms with van der Waals surface area (Å²) in [7, 11) is 0. The molecule has 2 aromatic rings. The quantitative estimate of drug-likeness (QED) is 0.365. The van der Waals surface area contributed by atoms with Crippen LogP contribution < -0.4 is 4.74 Å². The van der Waals surface area contributed by atoms with Crippen molar-refractivity contribution in [2.45, 2.75) is 25.9 Å². The number of carbonyl (C=O) groups is 2. The molecule has 0 amide bonds. The second-order valence-electron chi connectivity index (χ2n) is 5.60. The van der Waals surface area contributed by atoms with Gasteiger partial charge in [0.25, 0.3) is 0 Å². The first kappa shape index (κ1) is 19.7. The van der Waals surface area contributed by atoms with Crippen LogP contribution in [0, 0.1) is 11.3 Å². The molecule has 0 radical (unpaired) electrons. The molecule has 6 heteroatoms. The zero-order valence-electron chi connectivity index (χ0n) is 14.3. The Bertz CT molecular complexity index is 794. The zero-order valence-corrected chi connectivity index (χ0v) is 15.9. The molecule has 0 N–H and O–H groups in total. The summed E-state index contributed by atoms with van der Waals surface area (Å²) < 4.78 is 11.5. The molecule has 0 saturated heterocycles. The van der Waals surface area contributed by atoms with E-state index in [1.165, 1.54) is 0 Å². The molecule has 0 aromatic heterocycles. The minimum atomic E-state index is -0.773. The number of ketones is 1. The SMILES string of the molecule is C[C@@H](Oc1ccc(C#N)cc1)C(=O)OCCCC(=O)c1ccc(Br)cc1. The summed E-state index contributed by atoms with van der Waals surface area (Å²) in [6.45, 7) is 1.75. The minimum absolute atomic E-state index is 0.00966. The van der Waals surface area contributed by atoms with Gasteiger partial charge in [-0.3, -0.25) is 4.79 Å². The van der Waals surface area contributed by atoms with E-state index >= 15 is 0 Å². The maximum atomic E-state index is 12.0. The highest BCUT2D eigenvalue weighted by Gasteiger charge is 2.16. The van der Waals surface area contributed by atoms with Crippen molar-refractivity contribution < 1.29 is 19.1 Å². The third kappa shape index (κ3) is 6.01. The lowest BCUT2D eigenvalue weighted by molar-refractivity contribution is -0.151. The molecule has 1 atom stereocenters. The highest BCUT2D eigenvalue weighted by molar-refractivity contribution is 9.10. The van der Waals surface area contributed by atoms with Crippen LogP contribution in [0.25, 0.3) is 0 Å². The molecule has 0 saturated carbocycles. The molecule has 134 valence electrons. The number of hydrogen-bond acceptors (Lipinski definition) is 5. The molecule has 0 fully saturated rings. The number of benzene rings is 2. The van der Waals surface area contributed by atoms with Gasteiger partial charge in [0.05, 0.1) is 18.2 Å². The van der Waals surface area contributed by atoms with E-state index in [1.807, 2.05) is 18.2 Å². The van der Waals surface area contributed by atoms with E-state index in [-0.39, 0.29) is 12.4 Å². The third-order valence-corrected chi connectivity index (χ3v) is 4.12. The highest BCUT2D eigenvalue weighted by Crippen LogP contribution is 2.15. The Morgan fingerprint density at radius 1 is 1.12 bits per heavy atom. The van der Waals surface area contributed by atoms with Crippen LogP contribution in [0.2, 0.25) is 0 Å². The Hall–Kier alpha value is -2.65. The van der Waals surface area contributed by atoms with E-state index in [2.05, 4.69) is 15.9 Å². The van der Waals surface area contributed by atoms with Crippen molar-refractivity contribution in [3.05, 3.63) is 64.1 Å².